The fourth-order valence-corrected chi connectivity index (χ4v) is 6.96. The Labute approximate surface area is 204 Å². The molecule has 1 fully saturated rings. The van der Waals surface area contributed by atoms with Crippen LogP contribution in [0.3, 0.4) is 0 Å². The van der Waals surface area contributed by atoms with Gasteiger partial charge in [0, 0.05) is 28.2 Å². The monoisotopic (exact) mass is 496 g/mol. The number of hydrogen-bond donors (Lipinski definition) is 5. The Morgan fingerprint density at radius 3 is 2.46 bits per heavy atom. The van der Waals surface area contributed by atoms with Crippen molar-refractivity contribution in [3.63, 3.8) is 0 Å². The van der Waals surface area contributed by atoms with E-state index in [0.717, 1.165) is 4.88 Å². The molecule has 5 rings (SSSR count). The normalized spacial score (nSPS) is 30.3. The van der Waals surface area contributed by atoms with Gasteiger partial charge >= 0.3 is 0 Å². The van der Waals surface area contributed by atoms with Crippen molar-refractivity contribution in [1.29, 1.82) is 0 Å². The molecule has 10 heteroatoms. The highest BCUT2D eigenvalue weighted by Gasteiger charge is 2.65. The lowest BCUT2D eigenvalue weighted by Crippen LogP contribution is -2.66. The van der Waals surface area contributed by atoms with Crippen LogP contribution in [0.1, 0.15) is 28.3 Å². The van der Waals surface area contributed by atoms with E-state index in [1.54, 1.807) is 26.2 Å². The molecule has 1 heterocycles. The molecule has 0 unspecified atom stereocenters. The predicted molar refractivity (Wildman–Crippen MR) is 127 cm³/mol. The zero-order valence-electron chi connectivity index (χ0n) is 18.9. The van der Waals surface area contributed by atoms with E-state index in [1.165, 1.54) is 22.3 Å². The molecule has 35 heavy (non-hydrogen) atoms. The van der Waals surface area contributed by atoms with Crippen LogP contribution in [0.4, 0.5) is 0 Å². The van der Waals surface area contributed by atoms with E-state index in [1.807, 2.05) is 17.5 Å². The number of ketones is 2. The Hall–Kier alpha value is -3.47. The van der Waals surface area contributed by atoms with Crippen LogP contribution in [0, 0.1) is 11.8 Å². The average molecular weight is 497 g/mol. The van der Waals surface area contributed by atoms with E-state index in [-0.39, 0.29) is 23.3 Å². The summed E-state index contributed by atoms with van der Waals surface area (Å²) in [6.07, 6.45) is 0.0317. The third-order valence-corrected chi connectivity index (χ3v) is 8.41. The number of hydrogen-bond acceptors (Lipinski definition) is 9. The number of fused-ring (bicyclic) bond motifs is 3. The van der Waals surface area contributed by atoms with Gasteiger partial charge in [-0.05, 0) is 43.6 Å². The second kappa shape index (κ2) is 7.77. The number of nitrogens with two attached hydrogens (primary N) is 1. The predicted octanol–water partition coefficient (Wildman–Crippen LogP) is 1.61. The van der Waals surface area contributed by atoms with Crippen LogP contribution >= 0.6 is 11.3 Å². The summed E-state index contributed by atoms with van der Waals surface area (Å²) in [6.45, 7) is 0. The Kier molecular flexibility index (Phi) is 5.17. The highest BCUT2D eigenvalue weighted by atomic mass is 32.1. The molecule has 1 aromatic heterocycles. The minimum absolute atomic E-state index is 0.0317. The Morgan fingerprint density at radius 1 is 1.14 bits per heavy atom. The summed E-state index contributed by atoms with van der Waals surface area (Å²) in [4.78, 5) is 41.6. The van der Waals surface area contributed by atoms with Crippen LogP contribution in [0.2, 0.25) is 0 Å². The number of aromatic hydroxyl groups is 1. The maximum Gasteiger partial charge on any atom is 0.255 e. The Balaban J connectivity index is 1.82. The van der Waals surface area contributed by atoms with E-state index in [0.29, 0.717) is 5.56 Å². The summed E-state index contributed by atoms with van der Waals surface area (Å²) in [5, 5.41) is 46.4. The van der Waals surface area contributed by atoms with Crippen LogP contribution in [0.15, 0.2) is 52.6 Å². The summed E-state index contributed by atoms with van der Waals surface area (Å²) in [6, 6.07) is 7.40. The first-order chi connectivity index (χ1) is 16.5. The topological polar surface area (TPSA) is 161 Å². The molecule has 0 bridgehead atoms. The molecule has 0 saturated heterocycles. The number of amides is 1. The standard InChI is InChI=1S/C25H24N2O7S/c1-27(2)19-12-9-11-15(14-7-4-8-35-14)10-5-3-6-13(28)16(10)20(29)17(11)22(31)25(12,34)23(32)18(21(19)30)24(26)33/h3-8,11-12,15,19,28-29,32,34H,9H2,1-2H3,(H2,26,33)/t11-,12+,15+,19+,25+/m1/s1. The fraction of sp³-hybridized carbons (Fsp3) is 0.320. The number of likely N-dealkylation sites (N-methyl/N-ethyl adjacent to an activating group) is 1. The molecule has 5 atom stereocenters. The third-order valence-electron chi connectivity index (χ3n) is 7.46. The van der Waals surface area contributed by atoms with Crippen molar-refractivity contribution in [2.75, 3.05) is 14.1 Å². The summed E-state index contributed by atoms with van der Waals surface area (Å²) in [5.41, 5.74) is 2.38. The summed E-state index contributed by atoms with van der Waals surface area (Å²) >= 11 is 1.44. The quantitative estimate of drug-likeness (QED) is 0.401. The maximum atomic E-state index is 14.0. The van der Waals surface area contributed by atoms with Gasteiger partial charge in [0.05, 0.1) is 11.6 Å². The molecule has 1 aromatic carbocycles. The largest absolute Gasteiger partial charge is 0.508 e. The van der Waals surface area contributed by atoms with Crippen molar-refractivity contribution in [3.8, 4) is 5.75 Å². The zero-order chi connectivity index (χ0) is 25.4. The van der Waals surface area contributed by atoms with Crippen LogP contribution in [-0.2, 0) is 14.4 Å². The molecule has 0 radical (unpaired) electrons. The number of benzene rings is 1. The van der Waals surface area contributed by atoms with Gasteiger partial charge in [-0.3, -0.25) is 19.3 Å². The number of primary amides is 1. The van der Waals surface area contributed by atoms with Crippen molar-refractivity contribution in [3.05, 3.63) is 68.6 Å². The van der Waals surface area contributed by atoms with Gasteiger partial charge in [-0.15, -0.1) is 11.3 Å². The van der Waals surface area contributed by atoms with Gasteiger partial charge in [0.25, 0.3) is 5.91 Å². The molecule has 6 N–H and O–H groups in total. The smallest absolute Gasteiger partial charge is 0.255 e. The number of phenolic OH excluding ortho intramolecular Hbond substituents is 1. The van der Waals surface area contributed by atoms with Gasteiger partial charge < -0.3 is 26.2 Å². The van der Waals surface area contributed by atoms with Crippen molar-refractivity contribution in [1.82, 2.24) is 4.90 Å². The SMILES string of the molecule is CN(C)[C@@H]1C(=O)C(C(N)=O)=C(O)[C@@]2(O)C(=O)C3=C(O)c4c(O)cccc4[C@H](c4cccs4)[C@H]3C[C@@H]12. The number of aliphatic hydroxyl groups excluding tert-OH is 2. The van der Waals surface area contributed by atoms with Crippen LogP contribution < -0.4 is 5.73 Å². The van der Waals surface area contributed by atoms with Gasteiger partial charge in [-0.25, -0.2) is 0 Å². The second-order valence-corrected chi connectivity index (χ2v) is 10.4. The molecule has 3 aliphatic rings. The minimum atomic E-state index is -2.66. The fourth-order valence-electron chi connectivity index (χ4n) is 6.05. The Bertz CT molecular complexity index is 1340. The highest BCUT2D eigenvalue weighted by molar-refractivity contribution is 7.10. The molecule has 2 aromatic rings. The minimum Gasteiger partial charge on any atom is -0.508 e. The zero-order valence-corrected chi connectivity index (χ0v) is 19.7. The molecule has 1 amide bonds. The van der Waals surface area contributed by atoms with E-state index in [4.69, 9.17) is 5.73 Å². The summed E-state index contributed by atoms with van der Waals surface area (Å²) in [7, 11) is 3.14. The van der Waals surface area contributed by atoms with Crippen LogP contribution in [-0.4, -0.2) is 68.5 Å². The lowest BCUT2D eigenvalue weighted by atomic mass is 9.55. The summed E-state index contributed by atoms with van der Waals surface area (Å²) < 4.78 is 0. The van der Waals surface area contributed by atoms with Crippen molar-refractivity contribution in [2.45, 2.75) is 24.0 Å². The van der Waals surface area contributed by atoms with Crippen LogP contribution in [0.25, 0.3) is 5.76 Å². The number of phenols is 1. The van der Waals surface area contributed by atoms with Gasteiger partial charge in [0.15, 0.2) is 11.4 Å². The van der Waals surface area contributed by atoms with Crippen molar-refractivity contribution >= 4 is 34.6 Å². The first-order valence-electron chi connectivity index (χ1n) is 11.0. The number of Topliss-reactive ketones (excluding diaryl/α,β-unsaturated/α-hetero) is 2. The second-order valence-electron chi connectivity index (χ2n) is 9.40. The first-order valence-corrected chi connectivity index (χ1v) is 11.9. The average Bonchev–Trinajstić information content (AvgIpc) is 3.30. The number of thiophene rings is 1. The molecular weight excluding hydrogens is 472 g/mol. The molecule has 1 saturated carbocycles. The van der Waals surface area contributed by atoms with Gasteiger partial charge in [-0.2, -0.15) is 0 Å². The molecule has 3 aliphatic carbocycles. The van der Waals surface area contributed by atoms with Crippen LogP contribution in [0.5, 0.6) is 5.75 Å². The van der Waals surface area contributed by atoms with E-state index in [2.05, 4.69) is 0 Å². The van der Waals surface area contributed by atoms with Gasteiger partial charge in [0.1, 0.15) is 22.8 Å². The van der Waals surface area contributed by atoms with E-state index < -0.39 is 64.0 Å². The lowest BCUT2D eigenvalue weighted by molar-refractivity contribution is -0.154. The number of carbonyl (C=O) groups is 3. The number of aliphatic hydroxyl groups is 3. The number of nitrogens with zero attached hydrogens (tertiary/aromatic N) is 1. The van der Waals surface area contributed by atoms with E-state index in [9.17, 15) is 34.8 Å². The summed E-state index contributed by atoms with van der Waals surface area (Å²) in [5.74, 6) is -7.15. The lowest BCUT2D eigenvalue weighted by Gasteiger charge is -2.51. The van der Waals surface area contributed by atoms with E-state index >= 15 is 0 Å². The first kappa shape index (κ1) is 23.3. The molecular formula is C25H24N2O7S. The molecule has 0 aliphatic heterocycles. The van der Waals surface area contributed by atoms with Crippen molar-refractivity contribution < 1.29 is 34.8 Å². The number of rotatable bonds is 3. The van der Waals surface area contributed by atoms with Crippen molar-refractivity contribution in [2.24, 2.45) is 17.6 Å². The van der Waals surface area contributed by atoms with Gasteiger partial charge in [-0.1, -0.05) is 18.2 Å². The molecule has 0 spiro atoms. The Morgan fingerprint density at radius 2 is 1.86 bits per heavy atom. The highest BCUT2D eigenvalue weighted by Crippen LogP contribution is 2.57. The third kappa shape index (κ3) is 2.97. The maximum absolute atomic E-state index is 14.0. The number of carbonyl (C=O) groups excluding carboxylic acids is 3. The van der Waals surface area contributed by atoms with Gasteiger partial charge in [0.2, 0.25) is 5.78 Å². The molecule has 9 nitrogen and oxygen atoms in total. The molecule has 182 valence electrons.